The number of piperidine rings is 2. The summed E-state index contributed by atoms with van der Waals surface area (Å²) in [5.74, 6) is -0.258. The van der Waals surface area contributed by atoms with E-state index >= 15 is 0 Å². The highest BCUT2D eigenvalue weighted by molar-refractivity contribution is 7.88. The van der Waals surface area contributed by atoms with E-state index in [2.05, 4.69) is 137 Å². The lowest BCUT2D eigenvalue weighted by Crippen LogP contribution is -2.40. The Morgan fingerprint density at radius 1 is 0.343 bits per heavy atom. The molecule has 18 fully saturated rings. The van der Waals surface area contributed by atoms with Crippen molar-refractivity contribution >= 4 is 15.9 Å². The second kappa shape index (κ2) is 50.2. The minimum atomic E-state index is -2.95. The lowest BCUT2D eigenvalue weighted by atomic mass is 9.71. The standard InChI is InChI=1S/C12H21NO.3C11H18F2.C11H21NO2S.C11H20.C11H22.C10H18F2.C10H18O.C9H17F2N.C9H16F2O/c1-9(2)11-8-12(11)4-6-13(7-5-12)10(3)14;3*1-8(2)9-7-10(9)3-5-11(12,13)6-4-10;1-9(2)10-8-11(10)4-6-12(7-5-11)15(3,13)14;1-9(2)10-8-11(10)6-4-3-5-7-11;1-10(2)9-11(3)7-5-4-6-8-11;1-8(2)7-9-3-5-10(11,12)6-4-9;1-8(2)9-7-10(9)3-5-11-6-4-10;2*1-7(2)12-8-3-5-9(10,11)6-4-8/h9,11H,4-8H2,1-3H3;3*8-9H,3-7H2,1-2H3;9-10H,4-8H2,1-3H3;9-10H,3-8H2,1-2H3;10H,4-9H2,1-3H3;8-9H,3-7H2,1-2H3;8-9H,3-7H2,1-2H3;7-8,12H,3-6H2,1-2H3;7-8H,3-6H2,1-2H3/t;2*9-;;;;;;;;/m.10......../s1. The lowest BCUT2D eigenvalue weighted by Gasteiger charge is -2.35. The van der Waals surface area contributed by atoms with Gasteiger partial charge in [-0.3, -0.25) is 4.79 Å². The van der Waals surface area contributed by atoms with E-state index in [-0.39, 0.29) is 95.2 Å². The molecule has 3 aliphatic heterocycles. The minimum absolute atomic E-state index is 0.00954. The monoisotopic (exact) mass is 1980 g/mol. The van der Waals surface area contributed by atoms with Gasteiger partial charge in [0.25, 0.3) is 0 Å². The summed E-state index contributed by atoms with van der Waals surface area (Å²) in [6.07, 6.45) is 45.2. The first-order valence-corrected chi connectivity index (χ1v) is 58.7. The van der Waals surface area contributed by atoms with Gasteiger partial charge in [0, 0.05) is 135 Å². The molecule has 3 saturated heterocycles. The first-order valence-electron chi connectivity index (χ1n) is 56.8. The van der Waals surface area contributed by atoms with E-state index in [1.807, 2.05) is 32.6 Å². The summed E-state index contributed by atoms with van der Waals surface area (Å²) in [5.41, 5.74) is 4.49. The maximum atomic E-state index is 12.9. The van der Waals surface area contributed by atoms with E-state index in [4.69, 9.17) is 9.47 Å². The molecule has 21 heteroatoms. The summed E-state index contributed by atoms with van der Waals surface area (Å²) in [6, 6.07) is 0.714. The Morgan fingerprint density at radius 3 is 0.883 bits per heavy atom. The van der Waals surface area contributed by atoms with Gasteiger partial charge in [0.1, 0.15) is 0 Å². The van der Waals surface area contributed by atoms with E-state index in [0.29, 0.717) is 99.8 Å². The second-order valence-corrected chi connectivity index (χ2v) is 55.4. The van der Waals surface area contributed by atoms with Gasteiger partial charge in [0.05, 0.1) is 18.5 Å². The van der Waals surface area contributed by atoms with Crippen molar-refractivity contribution in [3.8, 4) is 0 Å². The molecule has 8 nitrogen and oxygen atoms in total. The van der Waals surface area contributed by atoms with Gasteiger partial charge in [-0.2, -0.15) is 0 Å². The molecule has 0 aromatic rings. The number of ether oxygens (including phenoxy) is 2. The molecule has 18 aliphatic rings. The number of alkyl halides is 12. The molecule has 137 heavy (non-hydrogen) atoms. The molecular formula is C116H207F12N3O5S. The number of sulfonamides is 1. The van der Waals surface area contributed by atoms with Gasteiger partial charge >= 0.3 is 0 Å². The van der Waals surface area contributed by atoms with Crippen LogP contribution in [0, 0.1) is 144 Å². The SMILES string of the molecule is CC(=O)N1CCC2(CC1)CC2C(C)C.CC(C)C1CC12CCC(F)(F)CC2.CC(C)C1CC12CCCCC2.CC(C)C1CC12CCN(S(C)(=O)=O)CC2.CC(C)C1CC12CCOCC2.CC(C)CC1(C)CCCCC1.CC(C)CC1CCC(F)(F)CC1.CC(C)NC1CCC(F)(F)CC1.CC(C)OC1CCC(F)(F)CC1.CC(C)[C@@H]1CC12CCC(F)(F)CC2.CC(C)[C@H]1CC12CCC(F)(F)CC2. The van der Waals surface area contributed by atoms with Crippen LogP contribution in [-0.2, 0) is 24.3 Å². The number of carbonyl (C=O) groups is 1. The van der Waals surface area contributed by atoms with Crippen LogP contribution >= 0.6 is 0 Å². The van der Waals surface area contributed by atoms with Crippen molar-refractivity contribution in [1.29, 1.82) is 0 Å². The quantitative estimate of drug-likeness (QED) is 0.155. The highest BCUT2D eigenvalue weighted by Gasteiger charge is 2.63. The van der Waals surface area contributed by atoms with Crippen LogP contribution in [0.2, 0.25) is 0 Å². The van der Waals surface area contributed by atoms with Crippen molar-refractivity contribution in [3.63, 3.8) is 0 Å². The fraction of sp³-hybridized carbons (Fsp3) is 0.991. The number of halogens is 12. The first kappa shape index (κ1) is 121. The zero-order chi connectivity index (χ0) is 102. The normalized spacial score (nSPS) is 30.5. The summed E-state index contributed by atoms with van der Waals surface area (Å²) in [6.45, 7) is 58.7. The molecule has 0 aromatic carbocycles. The van der Waals surface area contributed by atoms with Crippen molar-refractivity contribution in [2.24, 2.45) is 144 Å². The summed E-state index contributed by atoms with van der Waals surface area (Å²) >= 11 is 0. The summed E-state index contributed by atoms with van der Waals surface area (Å²) < 4.78 is 189. The van der Waals surface area contributed by atoms with Crippen LogP contribution in [0.3, 0.4) is 0 Å². The molecule has 15 saturated carbocycles. The van der Waals surface area contributed by atoms with E-state index < -0.39 is 45.6 Å². The average molecular weight is 1980 g/mol. The van der Waals surface area contributed by atoms with Crippen LogP contribution < -0.4 is 5.32 Å². The number of amides is 1. The first-order chi connectivity index (χ1) is 63.4. The zero-order valence-corrected chi connectivity index (χ0v) is 92.7. The number of nitrogens with zero attached hydrogens (tertiary/aromatic N) is 2. The summed E-state index contributed by atoms with van der Waals surface area (Å²) in [7, 11) is -2.95. The number of carbonyl (C=O) groups excluding carboxylic acids is 1. The predicted molar refractivity (Wildman–Crippen MR) is 544 cm³/mol. The van der Waals surface area contributed by atoms with Crippen molar-refractivity contribution in [3.05, 3.63) is 0 Å². The lowest BCUT2D eigenvalue weighted by molar-refractivity contribution is -0.130. The van der Waals surface area contributed by atoms with Gasteiger partial charge in [0.2, 0.25) is 51.5 Å². The minimum Gasteiger partial charge on any atom is -0.381 e. The van der Waals surface area contributed by atoms with Gasteiger partial charge in [0.15, 0.2) is 0 Å². The Labute approximate surface area is 831 Å². The van der Waals surface area contributed by atoms with Crippen LogP contribution in [-0.4, -0.2) is 129 Å². The Hall–Kier alpha value is -1.58. The molecule has 3 heterocycles. The Kier molecular flexibility index (Phi) is 44.2. The molecule has 0 radical (unpaired) electrons. The van der Waals surface area contributed by atoms with Gasteiger partial charge in [-0.05, 0) is 357 Å². The van der Waals surface area contributed by atoms with E-state index in [9.17, 15) is 65.9 Å². The highest BCUT2D eigenvalue weighted by Crippen LogP contribution is 2.70. The van der Waals surface area contributed by atoms with E-state index in [0.717, 1.165) is 192 Å². The molecule has 5 unspecified atom stereocenters. The fourth-order valence-electron chi connectivity index (χ4n) is 29.0. The molecule has 18 rings (SSSR count). The second-order valence-electron chi connectivity index (χ2n) is 53.4. The van der Waals surface area contributed by atoms with Gasteiger partial charge in [-0.25, -0.2) is 65.4 Å². The maximum Gasteiger partial charge on any atom is 0.248 e. The third kappa shape index (κ3) is 38.2. The number of likely N-dealkylation sites (tertiary alicyclic amines) is 1. The molecule has 7 atom stereocenters. The zero-order valence-electron chi connectivity index (χ0n) is 91.9. The summed E-state index contributed by atoms with van der Waals surface area (Å²) in [4.78, 5) is 13.2. The Balaban J connectivity index is 0.000000185. The highest BCUT2D eigenvalue weighted by atomic mass is 32.2. The largest absolute Gasteiger partial charge is 0.381 e. The molecule has 806 valence electrons. The van der Waals surface area contributed by atoms with Crippen LogP contribution in [0.5, 0.6) is 0 Å². The topological polar surface area (TPSA) is 88.2 Å². The van der Waals surface area contributed by atoms with Gasteiger partial charge in [-0.15, -0.1) is 0 Å². The Morgan fingerprint density at radius 2 is 0.613 bits per heavy atom. The van der Waals surface area contributed by atoms with Gasteiger partial charge < -0.3 is 19.7 Å². The summed E-state index contributed by atoms with van der Waals surface area (Å²) in [5, 5.41) is 3.29. The van der Waals surface area contributed by atoms with Gasteiger partial charge in [-0.1, -0.05) is 184 Å². The van der Waals surface area contributed by atoms with Crippen LogP contribution in [0.1, 0.15) is 481 Å². The van der Waals surface area contributed by atoms with E-state index in [1.54, 1.807) is 30.5 Å². The smallest absolute Gasteiger partial charge is 0.248 e. The molecule has 1 N–H and O–H groups in total. The number of hydrogen-bond donors (Lipinski definition) is 1. The van der Waals surface area contributed by atoms with E-state index in [1.165, 1.54) is 128 Å². The molecule has 1 amide bonds. The Bertz CT molecular complexity index is 3330. The molecule has 7 spiro atoms. The number of hydrogen-bond acceptors (Lipinski definition) is 6. The molecule has 0 aromatic heterocycles. The third-order valence-electron chi connectivity index (χ3n) is 38.1. The molecular weight excluding hydrogens is 1780 g/mol. The van der Waals surface area contributed by atoms with Crippen molar-refractivity contribution in [1.82, 2.24) is 14.5 Å². The number of nitrogens with one attached hydrogen (secondary N) is 1. The van der Waals surface area contributed by atoms with Crippen LogP contribution in [0.25, 0.3) is 0 Å². The van der Waals surface area contributed by atoms with Crippen LogP contribution in [0.4, 0.5) is 52.7 Å². The molecule has 0 bridgehead atoms. The third-order valence-corrected chi connectivity index (χ3v) is 39.4. The van der Waals surface area contributed by atoms with Crippen molar-refractivity contribution in [2.45, 2.75) is 541 Å². The fourth-order valence-corrected chi connectivity index (χ4v) is 29.8. The predicted octanol–water partition coefficient (Wildman–Crippen LogP) is 35.1. The number of rotatable bonds is 16. The maximum absolute atomic E-state index is 12.9. The average Bonchev–Trinajstić information content (AvgIpc) is 1.53. The van der Waals surface area contributed by atoms with Crippen molar-refractivity contribution in [2.75, 3.05) is 45.6 Å². The molecule has 15 aliphatic carbocycles. The van der Waals surface area contributed by atoms with Crippen molar-refractivity contribution < 1.29 is 75.4 Å². The van der Waals surface area contributed by atoms with Crippen LogP contribution in [0.15, 0.2) is 0 Å².